The highest BCUT2D eigenvalue weighted by Gasteiger charge is 2.31. The fourth-order valence-electron chi connectivity index (χ4n) is 4.51. The van der Waals surface area contributed by atoms with Crippen LogP contribution < -0.4 is 9.46 Å². The lowest BCUT2D eigenvalue weighted by Crippen LogP contribution is -2.37. The molecule has 0 unspecified atom stereocenters. The van der Waals surface area contributed by atoms with Crippen LogP contribution in [0.5, 0.6) is 5.75 Å². The monoisotopic (exact) mass is 526 g/mol. The van der Waals surface area contributed by atoms with Gasteiger partial charge in [-0.15, -0.1) is 0 Å². The normalized spacial score (nSPS) is 18.3. The van der Waals surface area contributed by atoms with E-state index in [1.54, 1.807) is 6.07 Å². The van der Waals surface area contributed by atoms with Crippen LogP contribution in [0.1, 0.15) is 66.1 Å². The standard InChI is InChI=1S/C25H29ClF2N2O4S/c1-15(18-5-6-21(26)23(28)11-18)30-9-7-16(8-10-30)14-34-24-13-22(27)20(12-19(24)17-3-4-17)25(31)29-35(2,32)33/h5-6,11-13,15-17H,3-4,7-10,14H2,1-2H3,(H,29,31)/t15-/m0/s1. The first-order valence-electron chi connectivity index (χ1n) is 11.7. The van der Waals surface area contributed by atoms with Gasteiger partial charge < -0.3 is 4.74 Å². The molecule has 1 saturated heterocycles. The fraction of sp³-hybridized carbons (Fsp3) is 0.480. The van der Waals surface area contributed by atoms with Crippen LogP contribution in [0, 0.1) is 17.6 Å². The summed E-state index contributed by atoms with van der Waals surface area (Å²) in [6.45, 7) is 4.12. The van der Waals surface area contributed by atoms with E-state index in [1.807, 2.05) is 17.7 Å². The molecule has 2 aliphatic rings. The van der Waals surface area contributed by atoms with Gasteiger partial charge >= 0.3 is 0 Å². The Balaban J connectivity index is 1.37. The van der Waals surface area contributed by atoms with Crippen LogP contribution >= 0.6 is 11.6 Å². The molecule has 2 fully saturated rings. The van der Waals surface area contributed by atoms with E-state index in [9.17, 15) is 22.0 Å². The summed E-state index contributed by atoms with van der Waals surface area (Å²) in [5.74, 6) is -1.35. The Labute approximate surface area is 209 Å². The molecule has 0 bridgehead atoms. The second kappa shape index (κ2) is 10.4. The van der Waals surface area contributed by atoms with E-state index in [1.165, 1.54) is 18.2 Å². The number of hydrogen-bond donors (Lipinski definition) is 1. The van der Waals surface area contributed by atoms with Gasteiger partial charge in [0.25, 0.3) is 5.91 Å². The average molecular weight is 527 g/mol. The Morgan fingerprint density at radius 2 is 1.83 bits per heavy atom. The predicted molar refractivity (Wildman–Crippen MR) is 130 cm³/mol. The van der Waals surface area contributed by atoms with Crippen molar-refractivity contribution in [1.82, 2.24) is 9.62 Å². The average Bonchev–Trinajstić information content (AvgIpc) is 3.63. The molecule has 35 heavy (non-hydrogen) atoms. The Kier molecular flexibility index (Phi) is 7.68. The summed E-state index contributed by atoms with van der Waals surface area (Å²) in [7, 11) is -3.80. The molecular weight excluding hydrogens is 498 g/mol. The number of rotatable bonds is 8. The largest absolute Gasteiger partial charge is 0.493 e. The van der Waals surface area contributed by atoms with Gasteiger partial charge in [-0.05, 0) is 86.9 Å². The molecule has 1 saturated carbocycles. The minimum Gasteiger partial charge on any atom is -0.493 e. The van der Waals surface area contributed by atoms with E-state index < -0.39 is 27.6 Å². The lowest BCUT2D eigenvalue weighted by Gasteiger charge is -2.36. The number of nitrogens with zero attached hydrogens (tertiary/aromatic N) is 1. The summed E-state index contributed by atoms with van der Waals surface area (Å²) < 4.78 is 59.1. The zero-order chi connectivity index (χ0) is 25.3. The van der Waals surface area contributed by atoms with Crippen molar-refractivity contribution in [3.8, 4) is 5.75 Å². The zero-order valence-corrected chi connectivity index (χ0v) is 21.3. The highest BCUT2D eigenvalue weighted by molar-refractivity contribution is 7.89. The van der Waals surface area contributed by atoms with Gasteiger partial charge in [0, 0.05) is 12.1 Å². The molecule has 1 N–H and O–H groups in total. The molecule has 0 spiro atoms. The van der Waals surface area contributed by atoms with Crippen LogP contribution in [-0.4, -0.2) is 45.2 Å². The number of halogens is 3. The number of carbonyl (C=O) groups excluding carboxylic acids is 1. The van der Waals surface area contributed by atoms with Gasteiger partial charge in [-0.1, -0.05) is 17.7 Å². The van der Waals surface area contributed by atoms with Crippen molar-refractivity contribution in [2.24, 2.45) is 5.92 Å². The van der Waals surface area contributed by atoms with Gasteiger partial charge in [-0.25, -0.2) is 21.9 Å². The number of likely N-dealkylation sites (tertiary alicyclic amines) is 1. The molecular formula is C25H29ClF2N2O4S. The molecule has 6 nitrogen and oxygen atoms in total. The second-order valence-corrected chi connectivity index (χ2v) is 11.6. The SMILES string of the molecule is C[C@@H](c1ccc(Cl)c(F)c1)N1CCC(COc2cc(F)c(C(=O)NS(C)(=O)=O)cc2C2CC2)CC1. The summed E-state index contributed by atoms with van der Waals surface area (Å²) in [5, 5.41) is 0.114. The molecule has 1 aliphatic carbocycles. The van der Waals surface area contributed by atoms with Gasteiger partial charge in [-0.2, -0.15) is 0 Å². The van der Waals surface area contributed by atoms with E-state index in [2.05, 4.69) is 4.90 Å². The third kappa shape index (κ3) is 6.51. The van der Waals surface area contributed by atoms with E-state index >= 15 is 0 Å². The lowest BCUT2D eigenvalue weighted by atomic mass is 9.95. The molecule has 1 atom stereocenters. The molecule has 0 radical (unpaired) electrons. The van der Waals surface area contributed by atoms with Crippen molar-refractivity contribution >= 4 is 27.5 Å². The maximum absolute atomic E-state index is 14.7. The van der Waals surface area contributed by atoms with Crippen molar-refractivity contribution in [3.63, 3.8) is 0 Å². The second-order valence-electron chi connectivity index (χ2n) is 9.49. The molecule has 2 aromatic rings. The number of amides is 1. The molecule has 190 valence electrons. The van der Waals surface area contributed by atoms with Crippen LogP contribution in [-0.2, 0) is 10.0 Å². The van der Waals surface area contributed by atoms with E-state index in [4.69, 9.17) is 16.3 Å². The molecule has 0 aromatic heterocycles. The van der Waals surface area contributed by atoms with Crippen LogP contribution in [0.2, 0.25) is 5.02 Å². The predicted octanol–water partition coefficient (Wildman–Crippen LogP) is 5.04. The van der Waals surface area contributed by atoms with Gasteiger partial charge in [0.15, 0.2) is 0 Å². The van der Waals surface area contributed by atoms with Crippen molar-refractivity contribution in [1.29, 1.82) is 0 Å². The molecule has 1 heterocycles. The minimum absolute atomic E-state index is 0.0600. The van der Waals surface area contributed by atoms with Gasteiger partial charge in [0.05, 0.1) is 23.4 Å². The summed E-state index contributed by atoms with van der Waals surface area (Å²) in [6.07, 6.45) is 4.45. The smallest absolute Gasteiger partial charge is 0.267 e. The van der Waals surface area contributed by atoms with Crippen molar-refractivity contribution in [2.75, 3.05) is 26.0 Å². The number of sulfonamides is 1. The highest BCUT2D eigenvalue weighted by atomic mass is 35.5. The van der Waals surface area contributed by atoms with Crippen molar-refractivity contribution in [3.05, 3.63) is 63.7 Å². The van der Waals surface area contributed by atoms with E-state index in [0.29, 0.717) is 12.4 Å². The van der Waals surface area contributed by atoms with Gasteiger partial charge in [0.2, 0.25) is 10.0 Å². The Morgan fingerprint density at radius 1 is 1.14 bits per heavy atom. The number of benzene rings is 2. The van der Waals surface area contributed by atoms with E-state index in [-0.39, 0.29) is 28.5 Å². The summed E-state index contributed by atoms with van der Waals surface area (Å²) in [4.78, 5) is 14.5. The third-order valence-electron chi connectivity index (χ3n) is 6.74. The topological polar surface area (TPSA) is 75.7 Å². The molecule has 1 amide bonds. The Bertz CT molecular complexity index is 1210. The lowest BCUT2D eigenvalue weighted by molar-refractivity contribution is 0.0977. The number of ether oxygens (including phenoxy) is 1. The Morgan fingerprint density at radius 3 is 2.43 bits per heavy atom. The fourth-order valence-corrected chi connectivity index (χ4v) is 5.07. The number of piperidine rings is 1. The number of hydrogen-bond acceptors (Lipinski definition) is 5. The number of carbonyl (C=O) groups is 1. The molecule has 10 heteroatoms. The van der Waals surface area contributed by atoms with E-state index in [0.717, 1.165) is 56.2 Å². The van der Waals surface area contributed by atoms with Crippen molar-refractivity contribution < 1.29 is 26.7 Å². The summed E-state index contributed by atoms with van der Waals surface area (Å²) >= 11 is 5.80. The zero-order valence-electron chi connectivity index (χ0n) is 19.7. The van der Waals surface area contributed by atoms with Crippen LogP contribution in [0.15, 0.2) is 30.3 Å². The van der Waals surface area contributed by atoms with Gasteiger partial charge in [-0.3, -0.25) is 9.69 Å². The van der Waals surface area contributed by atoms with Crippen LogP contribution in [0.4, 0.5) is 8.78 Å². The molecule has 4 rings (SSSR count). The van der Waals surface area contributed by atoms with Gasteiger partial charge in [0.1, 0.15) is 17.4 Å². The molecule has 1 aliphatic heterocycles. The first kappa shape index (κ1) is 25.9. The maximum Gasteiger partial charge on any atom is 0.267 e. The minimum atomic E-state index is -3.80. The third-order valence-corrected chi connectivity index (χ3v) is 7.60. The highest BCUT2D eigenvalue weighted by Crippen LogP contribution is 2.45. The van der Waals surface area contributed by atoms with Crippen LogP contribution in [0.25, 0.3) is 0 Å². The quantitative estimate of drug-likeness (QED) is 0.522. The van der Waals surface area contributed by atoms with Crippen molar-refractivity contribution in [2.45, 2.75) is 44.6 Å². The summed E-state index contributed by atoms with van der Waals surface area (Å²) in [6, 6.07) is 7.57. The Hall–Kier alpha value is -2.23. The summed E-state index contributed by atoms with van der Waals surface area (Å²) in [5.41, 5.74) is 1.32. The maximum atomic E-state index is 14.7. The first-order chi connectivity index (χ1) is 16.5. The van der Waals surface area contributed by atoms with Crippen LogP contribution in [0.3, 0.4) is 0 Å². The first-order valence-corrected chi connectivity index (χ1v) is 14.0. The molecule has 2 aromatic carbocycles. The number of nitrogens with one attached hydrogen (secondary N) is 1.